The van der Waals surface area contributed by atoms with Crippen molar-refractivity contribution in [2.45, 2.75) is 25.3 Å². The Bertz CT molecular complexity index is 491. The normalized spacial score (nSPS) is 29.6. The third kappa shape index (κ3) is 2.56. The molecule has 4 heteroatoms. The van der Waals surface area contributed by atoms with Crippen LogP contribution in [0.25, 0.3) is 0 Å². The van der Waals surface area contributed by atoms with Gasteiger partial charge in [0.15, 0.2) is 0 Å². The molecule has 3 unspecified atom stereocenters. The van der Waals surface area contributed by atoms with E-state index in [1.807, 2.05) is 29.2 Å². The summed E-state index contributed by atoms with van der Waals surface area (Å²) < 4.78 is 1.01. The fourth-order valence-electron chi connectivity index (χ4n) is 3.43. The molecule has 1 aromatic carbocycles. The Balaban J connectivity index is 1.65. The van der Waals surface area contributed by atoms with Crippen molar-refractivity contribution in [2.75, 3.05) is 13.1 Å². The van der Waals surface area contributed by atoms with Crippen molar-refractivity contribution < 1.29 is 4.79 Å². The van der Waals surface area contributed by atoms with Crippen LogP contribution in [0.2, 0.25) is 0 Å². The van der Waals surface area contributed by atoms with Gasteiger partial charge in [-0.1, -0.05) is 34.1 Å². The fraction of sp³-hybridized carbons (Fsp3) is 0.533. The summed E-state index contributed by atoms with van der Waals surface area (Å²) in [7, 11) is 0. The van der Waals surface area contributed by atoms with Crippen LogP contribution < -0.4 is 5.73 Å². The predicted molar refractivity (Wildman–Crippen MR) is 78.6 cm³/mol. The van der Waals surface area contributed by atoms with Gasteiger partial charge in [0.2, 0.25) is 5.91 Å². The molecule has 0 spiro atoms. The van der Waals surface area contributed by atoms with Crippen LogP contribution in [0.3, 0.4) is 0 Å². The van der Waals surface area contributed by atoms with E-state index in [4.69, 9.17) is 5.73 Å². The zero-order chi connectivity index (χ0) is 13.4. The molecular weight excluding hydrogens is 304 g/mol. The van der Waals surface area contributed by atoms with Crippen LogP contribution in [0.15, 0.2) is 28.7 Å². The lowest BCUT2D eigenvalue weighted by Gasteiger charge is -2.19. The molecule has 1 aliphatic heterocycles. The van der Waals surface area contributed by atoms with Gasteiger partial charge in [-0.2, -0.15) is 0 Å². The van der Waals surface area contributed by atoms with Crippen molar-refractivity contribution in [3.05, 3.63) is 34.3 Å². The molecule has 1 aromatic rings. The van der Waals surface area contributed by atoms with Crippen molar-refractivity contribution >= 4 is 21.8 Å². The Labute approximate surface area is 122 Å². The first kappa shape index (κ1) is 13.1. The maximum Gasteiger partial charge on any atom is 0.227 e. The first-order chi connectivity index (χ1) is 9.15. The van der Waals surface area contributed by atoms with E-state index in [9.17, 15) is 4.79 Å². The summed E-state index contributed by atoms with van der Waals surface area (Å²) >= 11 is 3.50. The van der Waals surface area contributed by atoms with Gasteiger partial charge < -0.3 is 10.6 Å². The van der Waals surface area contributed by atoms with Crippen LogP contribution >= 0.6 is 15.9 Å². The maximum atomic E-state index is 12.4. The zero-order valence-corrected chi connectivity index (χ0v) is 12.5. The molecule has 2 aliphatic rings. The zero-order valence-electron chi connectivity index (χ0n) is 10.9. The van der Waals surface area contributed by atoms with E-state index in [-0.39, 0.29) is 5.91 Å². The Morgan fingerprint density at radius 2 is 2.11 bits per heavy atom. The molecule has 102 valence electrons. The van der Waals surface area contributed by atoms with Crippen LogP contribution in [-0.2, 0) is 11.2 Å². The van der Waals surface area contributed by atoms with Crippen LogP contribution in [0.5, 0.6) is 0 Å². The van der Waals surface area contributed by atoms with Crippen molar-refractivity contribution in [1.82, 2.24) is 4.90 Å². The monoisotopic (exact) mass is 322 g/mol. The summed E-state index contributed by atoms with van der Waals surface area (Å²) in [5.74, 6) is 1.40. The Morgan fingerprint density at radius 1 is 1.32 bits per heavy atom. The smallest absolute Gasteiger partial charge is 0.227 e. The second-order valence-electron chi connectivity index (χ2n) is 5.73. The minimum absolute atomic E-state index is 0.230. The number of hydrogen-bond acceptors (Lipinski definition) is 2. The Kier molecular flexibility index (Phi) is 3.63. The second-order valence-corrected chi connectivity index (χ2v) is 6.59. The molecule has 1 aliphatic carbocycles. The molecule has 2 fully saturated rings. The molecular formula is C15H19BrN2O. The highest BCUT2D eigenvalue weighted by atomic mass is 79.9. The largest absolute Gasteiger partial charge is 0.342 e. The molecule has 0 bridgehead atoms. The number of nitrogens with two attached hydrogens (primary N) is 1. The molecule has 0 aromatic heterocycles. The average Bonchev–Trinajstić information content (AvgIpc) is 2.95. The summed E-state index contributed by atoms with van der Waals surface area (Å²) in [5, 5.41) is 0. The van der Waals surface area contributed by atoms with Crippen molar-refractivity contribution in [3.63, 3.8) is 0 Å². The lowest BCUT2D eigenvalue weighted by Crippen LogP contribution is -2.34. The second kappa shape index (κ2) is 5.25. The molecule has 1 heterocycles. The number of fused-ring (bicyclic) bond motifs is 1. The lowest BCUT2D eigenvalue weighted by atomic mass is 9.98. The van der Waals surface area contributed by atoms with E-state index in [1.165, 1.54) is 6.42 Å². The Hall–Kier alpha value is -0.870. The van der Waals surface area contributed by atoms with Gasteiger partial charge >= 0.3 is 0 Å². The summed E-state index contributed by atoms with van der Waals surface area (Å²) in [6.45, 7) is 1.76. The number of hydrogen-bond donors (Lipinski definition) is 1. The highest BCUT2D eigenvalue weighted by Crippen LogP contribution is 2.37. The van der Waals surface area contributed by atoms with E-state index in [0.29, 0.717) is 24.3 Å². The van der Waals surface area contributed by atoms with Crippen LogP contribution in [0.4, 0.5) is 0 Å². The van der Waals surface area contributed by atoms with Gasteiger partial charge in [0.1, 0.15) is 0 Å². The van der Waals surface area contributed by atoms with Gasteiger partial charge in [0, 0.05) is 23.6 Å². The topological polar surface area (TPSA) is 46.3 Å². The summed E-state index contributed by atoms with van der Waals surface area (Å²) in [6, 6.07) is 8.23. The van der Waals surface area contributed by atoms with E-state index in [1.54, 1.807) is 0 Å². The molecule has 3 nitrogen and oxygen atoms in total. The quantitative estimate of drug-likeness (QED) is 0.907. The number of carbonyl (C=O) groups is 1. The first-order valence-electron chi connectivity index (χ1n) is 6.92. The third-order valence-corrected chi connectivity index (χ3v) is 5.34. The minimum Gasteiger partial charge on any atom is -0.342 e. The molecule has 19 heavy (non-hydrogen) atoms. The molecule has 1 saturated heterocycles. The van der Waals surface area contributed by atoms with Gasteiger partial charge in [-0.15, -0.1) is 0 Å². The van der Waals surface area contributed by atoms with Gasteiger partial charge in [0.25, 0.3) is 0 Å². The van der Waals surface area contributed by atoms with Crippen LogP contribution in [0, 0.1) is 11.8 Å². The van der Waals surface area contributed by atoms with Gasteiger partial charge in [0.05, 0.1) is 6.42 Å². The highest BCUT2D eigenvalue weighted by Gasteiger charge is 2.42. The number of carbonyl (C=O) groups excluding carboxylic acids is 1. The number of rotatable bonds is 2. The molecule has 1 amide bonds. The molecule has 2 N–H and O–H groups in total. The van der Waals surface area contributed by atoms with Gasteiger partial charge in [-0.3, -0.25) is 4.79 Å². The molecule has 3 atom stereocenters. The lowest BCUT2D eigenvalue weighted by molar-refractivity contribution is -0.129. The summed E-state index contributed by atoms with van der Waals surface area (Å²) in [5.41, 5.74) is 7.18. The molecule has 3 rings (SSSR count). The number of likely N-dealkylation sites (tertiary alicyclic amines) is 1. The third-order valence-electron chi connectivity index (χ3n) is 4.56. The van der Waals surface area contributed by atoms with Crippen molar-refractivity contribution in [2.24, 2.45) is 17.6 Å². The van der Waals surface area contributed by atoms with Crippen molar-refractivity contribution in [1.29, 1.82) is 0 Å². The standard InChI is InChI=1S/C15H19BrN2O/c16-13-4-2-1-3-10(13)7-15(19)18-8-11-5-6-14(17)12(11)9-18/h1-4,11-12,14H,5-9,17H2. The number of benzene rings is 1. The number of halogens is 1. The Morgan fingerprint density at radius 3 is 2.84 bits per heavy atom. The predicted octanol–water partition coefficient (Wildman–Crippen LogP) is 2.19. The van der Waals surface area contributed by atoms with Crippen LogP contribution in [-0.4, -0.2) is 29.9 Å². The summed E-state index contributed by atoms with van der Waals surface area (Å²) in [4.78, 5) is 14.4. The molecule has 1 saturated carbocycles. The highest BCUT2D eigenvalue weighted by molar-refractivity contribution is 9.10. The van der Waals surface area contributed by atoms with E-state index in [0.717, 1.165) is 29.5 Å². The van der Waals surface area contributed by atoms with E-state index in [2.05, 4.69) is 15.9 Å². The average molecular weight is 323 g/mol. The fourth-order valence-corrected chi connectivity index (χ4v) is 3.85. The minimum atomic E-state index is 0.230. The summed E-state index contributed by atoms with van der Waals surface area (Å²) in [6.07, 6.45) is 2.79. The van der Waals surface area contributed by atoms with E-state index >= 15 is 0 Å². The van der Waals surface area contributed by atoms with Gasteiger partial charge in [-0.25, -0.2) is 0 Å². The SMILES string of the molecule is NC1CCC2CN(C(=O)Cc3ccccc3Br)CC12. The van der Waals surface area contributed by atoms with Crippen molar-refractivity contribution in [3.8, 4) is 0 Å². The number of nitrogens with zero attached hydrogens (tertiary/aromatic N) is 1. The van der Waals surface area contributed by atoms with Gasteiger partial charge in [-0.05, 0) is 36.3 Å². The number of amides is 1. The maximum absolute atomic E-state index is 12.4. The van der Waals surface area contributed by atoms with Crippen LogP contribution in [0.1, 0.15) is 18.4 Å². The molecule has 0 radical (unpaired) electrons. The first-order valence-corrected chi connectivity index (χ1v) is 7.71. The van der Waals surface area contributed by atoms with E-state index < -0.39 is 0 Å².